The Bertz CT molecular complexity index is 816. The summed E-state index contributed by atoms with van der Waals surface area (Å²) in [5.74, 6) is -0.339. The fraction of sp³-hybridized carbons (Fsp3) is 0.640. The van der Waals surface area contributed by atoms with Crippen LogP contribution in [0.25, 0.3) is 0 Å². The molecule has 182 valence electrons. The Morgan fingerprint density at radius 1 is 1.18 bits per heavy atom. The van der Waals surface area contributed by atoms with Crippen LogP contribution < -0.4 is 15.5 Å². The van der Waals surface area contributed by atoms with Crippen LogP contribution >= 0.6 is 0 Å². The van der Waals surface area contributed by atoms with Gasteiger partial charge in [0.15, 0.2) is 0 Å². The van der Waals surface area contributed by atoms with Crippen molar-refractivity contribution >= 4 is 23.8 Å². The lowest BCUT2D eigenvalue weighted by atomic mass is 9.99. The smallest absolute Gasteiger partial charge is 0.255 e. The Balaban J connectivity index is 0.00000149. The number of rotatable bonds is 7. The molecule has 8 heteroatoms. The standard InChI is InChI=1S/C23H33N5O3.C2H6/c1-24-22(30)21(6-3-15-29)28-16-19-18(23(28)31)4-2-5-20(19)27-11-7-17(8-12-27)26-13-9-25-10-14-26;1-2/h2,4-5,15,17,21,25H,3,6-14,16H2,1H3,(H,24,30);1-2H3. The summed E-state index contributed by atoms with van der Waals surface area (Å²) in [7, 11) is 1.57. The zero-order valence-corrected chi connectivity index (χ0v) is 20.3. The zero-order chi connectivity index (χ0) is 23.8. The summed E-state index contributed by atoms with van der Waals surface area (Å²) >= 11 is 0. The molecule has 0 saturated carbocycles. The first kappa shape index (κ1) is 25.2. The Hall–Kier alpha value is -2.45. The Kier molecular flexibility index (Phi) is 9.26. The topological polar surface area (TPSA) is 85.0 Å². The van der Waals surface area contributed by atoms with Crippen molar-refractivity contribution in [2.45, 2.75) is 58.2 Å². The minimum absolute atomic E-state index is 0.118. The Morgan fingerprint density at radius 3 is 2.52 bits per heavy atom. The van der Waals surface area contributed by atoms with E-state index in [4.69, 9.17) is 0 Å². The molecule has 1 aromatic carbocycles. The fourth-order valence-electron chi connectivity index (χ4n) is 5.23. The zero-order valence-electron chi connectivity index (χ0n) is 20.3. The number of carbonyl (C=O) groups is 3. The number of piperazine rings is 1. The maximum Gasteiger partial charge on any atom is 0.255 e. The third kappa shape index (κ3) is 5.55. The summed E-state index contributed by atoms with van der Waals surface area (Å²) < 4.78 is 0. The lowest BCUT2D eigenvalue weighted by Gasteiger charge is -2.41. The molecular weight excluding hydrogens is 418 g/mol. The minimum Gasteiger partial charge on any atom is -0.371 e. The van der Waals surface area contributed by atoms with Gasteiger partial charge in [-0.3, -0.25) is 14.5 Å². The minimum atomic E-state index is -0.624. The first-order valence-electron chi connectivity index (χ1n) is 12.4. The highest BCUT2D eigenvalue weighted by molar-refractivity contribution is 6.02. The van der Waals surface area contributed by atoms with Gasteiger partial charge in [-0.05, 0) is 31.4 Å². The summed E-state index contributed by atoms with van der Waals surface area (Å²) in [5.41, 5.74) is 2.80. The number of fused-ring (bicyclic) bond motifs is 1. The van der Waals surface area contributed by atoms with Gasteiger partial charge in [-0.1, -0.05) is 19.9 Å². The van der Waals surface area contributed by atoms with E-state index in [-0.39, 0.29) is 18.2 Å². The lowest BCUT2D eigenvalue weighted by molar-refractivity contribution is -0.125. The molecule has 0 aromatic heterocycles. The fourth-order valence-corrected chi connectivity index (χ4v) is 5.23. The van der Waals surface area contributed by atoms with Crippen molar-refractivity contribution in [3.05, 3.63) is 29.3 Å². The predicted molar refractivity (Wildman–Crippen MR) is 130 cm³/mol. The second-order valence-electron chi connectivity index (χ2n) is 8.61. The molecule has 2 fully saturated rings. The molecule has 1 atom stereocenters. The van der Waals surface area contributed by atoms with Gasteiger partial charge < -0.3 is 25.2 Å². The van der Waals surface area contributed by atoms with Crippen LogP contribution in [-0.2, 0) is 16.1 Å². The van der Waals surface area contributed by atoms with Gasteiger partial charge in [0.05, 0.1) is 0 Å². The molecule has 33 heavy (non-hydrogen) atoms. The van der Waals surface area contributed by atoms with Crippen molar-refractivity contribution < 1.29 is 14.4 Å². The van der Waals surface area contributed by atoms with Crippen LogP contribution in [0.3, 0.4) is 0 Å². The number of hydrogen-bond acceptors (Lipinski definition) is 6. The first-order valence-corrected chi connectivity index (χ1v) is 12.4. The second-order valence-corrected chi connectivity index (χ2v) is 8.61. The van der Waals surface area contributed by atoms with E-state index in [1.54, 1.807) is 11.9 Å². The first-order chi connectivity index (χ1) is 16.1. The molecule has 8 nitrogen and oxygen atoms in total. The molecule has 4 rings (SSSR count). The van der Waals surface area contributed by atoms with E-state index < -0.39 is 6.04 Å². The van der Waals surface area contributed by atoms with Crippen molar-refractivity contribution in [1.82, 2.24) is 20.4 Å². The molecule has 0 radical (unpaired) electrons. The highest BCUT2D eigenvalue weighted by atomic mass is 16.2. The largest absolute Gasteiger partial charge is 0.371 e. The van der Waals surface area contributed by atoms with Crippen LogP contribution in [0.4, 0.5) is 5.69 Å². The van der Waals surface area contributed by atoms with Crippen molar-refractivity contribution in [2.24, 2.45) is 0 Å². The molecule has 2 saturated heterocycles. The summed E-state index contributed by atoms with van der Waals surface area (Å²) in [6.45, 7) is 10.8. The highest BCUT2D eigenvalue weighted by Crippen LogP contribution is 2.35. The monoisotopic (exact) mass is 457 g/mol. The van der Waals surface area contributed by atoms with E-state index in [2.05, 4.69) is 26.5 Å². The van der Waals surface area contributed by atoms with Gasteiger partial charge in [0.25, 0.3) is 5.91 Å². The highest BCUT2D eigenvalue weighted by Gasteiger charge is 2.38. The third-order valence-electron chi connectivity index (χ3n) is 6.93. The summed E-state index contributed by atoms with van der Waals surface area (Å²) in [6.07, 6.45) is 3.65. The molecule has 2 amide bonds. The number of aldehydes is 1. The molecule has 0 bridgehead atoms. The lowest BCUT2D eigenvalue weighted by Crippen LogP contribution is -2.52. The number of piperidine rings is 1. The molecule has 3 aliphatic rings. The maximum absolute atomic E-state index is 13.1. The van der Waals surface area contributed by atoms with E-state index >= 15 is 0 Å². The number of amides is 2. The Morgan fingerprint density at radius 2 is 1.88 bits per heavy atom. The number of benzene rings is 1. The van der Waals surface area contributed by atoms with Crippen molar-refractivity contribution in [2.75, 3.05) is 51.2 Å². The van der Waals surface area contributed by atoms with Gasteiger partial charge in [0.2, 0.25) is 5.91 Å². The summed E-state index contributed by atoms with van der Waals surface area (Å²) in [5, 5.41) is 6.07. The number of anilines is 1. The van der Waals surface area contributed by atoms with Crippen LogP contribution in [0.5, 0.6) is 0 Å². The number of carbonyl (C=O) groups excluding carboxylic acids is 3. The van der Waals surface area contributed by atoms with Gasteiger partial charge in [0, 0.05) is 82.1 Å². The van der Waals surface area contributed by atoms with E-state index in [0.717, 1.165) is 69.6 Å². The number of nitrogens with zero attached hydrogens (tertiary/aromatic N) is 3. The molecular formula is C25H39N5O3. The van der Waals surface area contributed by atoms with Crippen LogP contribution in [0.2, 0.25) is 0 Å². The molecule has 2 N–H and O–H groups in total. The van der Waals surface area contributed by atoms with Gasteiger partial charge in [-0.25, -0.2) is 0 Å². The van der Waals surface area contributed by atoms with E-state index in [1.165, 1.54) is 0 Å². The van der Waals surface area contributed by atoms with Crippen molar-refractivity contribution in [3.8, 4) is 0 Å². The number of nitrogens with one attached hydrogen (secondary N) is 2. The molecule has 1 aromatic rings. The summed E-state index contributed by atoms with van der Waals surface area (Å²) in [6, 6.07) is 5.91. The van der Waals surface area contributed by atoms with Gasteiger partial charge >= 0.3 is 0 Å². The quantitative estimate of drug-likeness (QED) is 0.606. The van der Waals surface area contributed by atoms with Gasteiger partial charge in [0.1, 0.15) is 12.3 Å². The maximum atomic E-state index is 13.1. The van der Waals surface area contributed by atoms with Crippen LogP contribution in [0, 0.1) is 0 Å². The van der Waals surface area contributed by atoms with E-state index in [9.17, 15) is 14.4 Å². The van der Waals surface area contributed by atoms with Crippen LogP contribution in [0.15, 0.2) is 18.2 Å². The number of hydrogen-bond donors (Lipinski definition) is 2. The average molecular weight is 458 g/mol. The third-order valence-corrected chi connectivity index (χ3v) is 6.93. The molecule has 0 spiro atoms. The molecule has 1 unspecified atom stereocenters. The van der Waals surface area contributed by atoms with Crippen LogP contribution in [-0.4, -0.2) is 86.3 Å². The molecule has 3 aliphatic heterocycles. The molecule has 0 aliphatic carbocycles. The SMILES string of the molecule is CC.CNC(=O)C(CCC=O)N1Cc2c(cccc2N2CCC(N3CCNCC3)CC2)C1=O. The van der Waals surface area contributed by atoms with Crippen molar-refractivity contribution in [3.63, 3.8) is 0 Å². The van der Waals surface area contributed by atoms with Gasteiger partial charge in [-0.2, -0.15) is 0 Å². The predicted octanol–water partition coefficient (Wildman–Crippen LogP) is 1.64. The van der Waals surface area contributed by atoms with Gasteiger partial charge in [-0.15, -0.1) is 0 Å². The Labute approximate surface area is 197 Å². The number of likely N-dealkylation sites (N-methyl/N-ethyl adjacent to an activating group) is 1. The second kappa shape index (κ2) is 12.1. The average Bonchev–Trinajstić information content (AvgIpc) is 3.22. The summed E-state index contributed by atoms with van der Waals surface area (Å²) in [4.78, 5) is 43.1. The molecule has 3 heterocycles. The van der Waals surface area contributed by atoms with Crippen LogP contribution in [0.1, 0.15) is 55.5 Å². The van der Waals surface area contributed by atoms with Crippen molar-refractivity contribution in [1.29, 1.82) is 0 Å². The van der Waals surface area contributed by atoms with E-state index in [1.807, 2.05) is 26.0 Å². The normalized spacial score (nSPS) is 20.0. The van der Waals surface area contributed by atoms with E-state index in [0.29, 0.717) is 24.6 Å².